The predicted molar refractivity (Wildman–Crippen MR) is 81.6 cm³/mol. The van der Waals surface area contributed by atoms with Crippen LogP contribution in [0.1, 0.15) is 31.9 Å². The Kier molecular flexibility index (Phi) is 4.94. The van der Waals surface area contributed by atoms with Crippen LogP contribution >= 0.6 is 0 Å². The van der Waals surface area contributed by atoms with Crippen LogP contribution in [0, 0.1) is 0 Å². The number of amides is 1. The van der Waals surface area contributed by atoms with Gasteiger partial charge in [-0.3, -0.25) is 14.3 Å². The summed E-state index contributed by atoms with van der Waals surface area (Å²) >= 11 is 0. The number of carbonyl (C=O) groups is 1. The van der Waals surface area contributed by atoms with Gasteiger partial charge in [-0.05, 0) is 18.9 Å². The number of hydrogen-bond acceptors (Lipinski definition) is 3. The molecule has 2 rings (SSSR count). The molecule has 0 radical (unpaired) electrons. The first-order chi connectivity index (χ1) is 9.50. The molecule has 0 aromatic heterocycles. The minimum Gasteiger partial charge on any atom is -0.326 e. The summed E-state index contributed by atoms with van der Waals surface area (Å²) in [4.78, 5) is 14.3. The van der Waals surface area contributed by atoms with Gasteiger partial charge in [0.1, 0.15) is 6.04 Å². The SMILES string of the molecule is CC1NC(c2ccccc2)C(=O)N1CCC(C)S(C)=O. The second-order valence-corrected chi connectivity index (χ2v) is 7.12. The first-order valence-corrected chi connectivity index (χ1v) is 8.56. The molecule has 1 heterocycles. The van der Waals surface area contributed by atoms with Crippen molar-refractivity contribution in [3.8, 4) is 0 Å². The summed E-state index contributed by atoms with van der Waals surface area (Å²) in [5.41, 5.74) is 0.999. The highest BCUT2D eigenvalue weighted by Crippen LogP contribution is 2.24. The lowest BCUT2D eigenvalue weighted by Gasteiger charge is -2.22. The summed E-state index contributed by atoms with van der Waals surface area (Å²) in [5, 5.41) is 3.44. The van der Waals surface area contributed by atoms with Crippen LogP contribution in [0.4, 0.5) is 0 Å². The number of carbonyl (C=O) groups excluding carboxylic acids is 1. The van der Waals surface area contributed by atoms with E-state index in [1.54, 1.807) is 6.26 Å². The van der Waals surface area contributed by atoms with E-state index in [9.17, 15) is 9.00 Å². The van der Waals surface area contributed by atoms with Gasteiger partial charge in [0.2, 0.25) is 5.91 Å². The van der Waals surface area contributed by atoms with E-state index in [0.717, 1.165) is 12.0 Å². The van der Waals surface area contributed by atoms with Crippen LogP contribution in [0.25, 0.3) is 0 Å². The van der Waals surface area contributed by atoms with Gasteiger partial charge in [-0.25, -0.2) is 0 Å². The van der Waals surface area contributed by atoms with Crippen LogP contribution in [0.2, 0.25) is 0 Å². The largest absolute Gasteiger partial charge is 0.326 e. The predicted octanol–water partition coefficient (Wildman–Crippen LogP) is 1.66. The van der Waals surface area contributed by atoms with Crippen molar-refractivity contribution in [2.75, 3.05) is 12.8 Å². The van der Waals surface area contributed by atoms with Gasteiger partial charge in [0, 0.05) is 28.9 Å². The average Bonchev–Trinajstić information content (AvgIpc) is 2.72. The summed E-state index contributed by atoms with van der Waals surface area (Å²) in [6.07, 6.45) is 2.50. The Bertz CT molecular complexity index is 492. The third-order valence-corrected chi connectivity index (χ3v) is 5.25. The Morgan fingerprint density at radius 3 is 2.60 bits per heavy atom. The molecular formula is C15H22N2O2S. The minimum atomic E-state index is -0.836. The summed E-state index contributed by atoms with van der Waals surface area (Å²) in [6, 6.07) is 9.52. The van der Waals surface area contributed by atoms with Gasteiger partial charge >= 0.3 is 0 Å². The second kappa shape index (κ2) is 6.50. The standard InChI is InChI=1S/C15H22N2O2S/c1-11(20(3)19)9-10-17-12(2)16-14(15(17)18)13-7-5-4-6-8-13/h4-8,11-12,14,16H,9-10H2,1-3H3. The Balaban J connectivity index is 2.02. The van der Waals surface area contributed by atoms with Gasteiger partial charge < -0.3 is 4.90 Å². The van der Waals surface area contributed by atoms with E-state index >= 15 is 0 Å². The Morgan fingerprint density at radius 2 is 2.00 bits per heavy atom. The van der Waals surface area contributed by atoms with Crippen LogP contribution in [-0.2, 0) is 15.6 Å². The van der Waals surface area contributed by atoms with Crippen molar-refractivity contribution in [3.63, 3.8) is 0 Å². The highest BCUT2D eigenvalue weighted by molar-refractivity contribution is 7.84. The van der Waals surface area contributed by atoms with E-state index in [4.69, 9.17) is 0 Å². The van der Waals surface area contributed by atoms with Crippen molar-refractivity contribution in [3.05, 3.63) is 35.9 Å². The smallest absolute Gasteiger partial charge is 0.245 e. The van der Waals surface area contributed by atoms with E-state index in [1.807, 2.05) is 49.1 Å². The molecule has 0 spiro atoms. The molecule has 1 aromatic carbocycles. The zero-order chi connectivity index (χ0) is 14.7. The third-order valence-electron chi connectivity index (χ3n) is 3.88. The minimum absolute atomic E-state index is 0.0187. The van der Waals surface area contributed by atoms with Gasteiger partial charge in [0.05, 0.1) is 6.17 Å². The second-order valence-electron chi connectivity index (χ2n) is 5.32. The quantitative estimate of drug-likeness (QED) is 0.898. The number of benzene rings is 1. The Morgan fingerprint density at radius 1 is 1.35 bits per heavy atom. The normalized spacial score (nSPS) is 25.8. The maximum atomic E-state index is 12.5. The molecule has 4 atom stereocenters. The molecular weight excluding hydrogens is 272 g/mol. The fraction of sp³-hybridized carbons (Fsp3) is 0.533. The maximum absolute atomic E-state index is 12.5. The van der Waals surface area contributed by atoms with Gasteiger partial charge in [0.25, 0.3) is 0 Å². The van der Waals surface area contributed by atoms with Crippen LogP contribution in [0.15, 0.2) is 30.3 Å². The lowest BCUT2D eigenvalue weighted by molar-refractivity contribution is -0.130. The Labute approximate surface area is 123 Å². The van der Waals surface area contributed by atoms with Crippen molar-refractivity contribution in [1.82, 2.24) is 10.2 Å². The summed E-state index contributed by atoms with van der Waals surface area (Å²) in [7, 11) is -0.836. The van der Waals surface area contributed by atoms with Gasteiger partial charge in [-0.15, -0.1) is 0 Å². The molecule has 110 valence electrons. The molecule has 0 bridgehead atoms. The number of nitrogens with one attached hydrogen (secondary N) is 1. The van der Waals surface area contributed by atoms with Crippen molar-refractivity contribution in [1.29, 1.82) is 0 Å². The van der Waals surface area contributed by atoms with E-state index in [2.05, 4.69) is 5.32 Å². The van der Waals surface area contributed by atoms with Gasteiger partial charge in [-0.1, -0.05) is 37.3 Å². The number of rotatable bonds is 5. The van der Waals surface area contributed by atoms with Crippen molar-refractivity contribution in [2.24, 2.45) is 0 Å². The van der Waals surface area contributed by atoms with E-state index < -0.39 is 10.8 Å². The average molecular weight is 294 g/mol. The lowest BCUT2D eigenvalue weighted by atomic mass is 10.1. The van der Waals surface area contributed by atoms with Crippen molar-refractivity contribution < 1.29 is 9.00 Å². The molecule has 0 saturated carbocycles. The number of hydrogen-bond donors (Lipinski definition) is 1. The summed E-state index contributed by atoms with van der Waals surface area (Å²) in [6.45, 7) is 4.61. The molecule has 4 unspecified atom stereocenters. The van der Waals surface area contributed by atoms with E-state index in [-0.39, 0.29) is 23.4 Å². The fourth-order valence-corrected chi connectivity index (χ4v) is 2.87. The Hall–Kier alpha value is -1.20. The highest BCUT2D eigenvalue weighted by atomic mass is 32.2. The first-order valence-electron chi connectivity index (χ1n) is 6.94. The van der Waals surface area contributed by atoms with E-state index in [0.29, 0.717) is 6.54 Å². The fourth-order valence-electron chi connectivity index (χ4n) is 2.43. The zero-order valence-corrected chi connectivity index (χ0v) is 13.0. The van der Waals surface area contributed by atoms with E-state index in [1.165, 1.54) is 0 Å². The molecule has 1 fully saturated rings. The summed E-state index contributed by atoms with van der Waals surface area (Å²) in [5.74, 6) is 0.109. The van der Waals surface area contributed by atoms with Crippen molar-refractivity contribution >= 4 is 16.7 Å². The topological polar surface area (TPSA) is 49.4 Å². The maximum Gasteiger partial charge on any atom is 0.245 e. The molecule has 0 aliphatic carbocycles. The first kappa shape index (κ1) is 15.2. The van der Waals surface area contributed by atoms with Crippen LogP contribution < -0.4 is 5.32 Å². The summed E-state index contributed by atoms with van der Waals surface area (Å²) < 4.78 is 11.4. The van der Waals surface area contributed by atoms with Gasteiger partial charge in [0.15, 0.2) is 0 Å². The third kappa shape index (κ3) is 3.27. The molecule has 20 heavy (non-hydrogen) atoms. The van der Waals surface area contributed by atoms with Crippen LogP contribution in [-0.4, -0.2) is 39.2 Å². The molecule has 1 aromatic rings. The molecule has 1 aliphatic rings. The molecule has 1 aliphatic heterocycles. The lowest BCUT2D eigenvalue weighted by Crippen LogP contribution is -2.36. The molecule has 5 heteroatoms. The number of nitrogens with zero attached hydrogens (tertiary/aromatic N) is 1. The molecule has 4 nitrogen and oxygen atoms in total. The monoisotopic (exact) mass is 294 g/mol. The van der Waals surface area contributed by atoms with Crippen molar-refractivity contribution in [2.45, 2.75) is 37.7 Å². The molecule has 1 N–H and O–H groups in total. The highest BCUT2D eigenvalue weighted by Gasteiger charge is 2.37. The molecule has 1 saturated heterocycles. The zero-order valence-electron chi connectivity index (χ0n) is 12.2. The molecule has 1 amide bonds. The van der Waals surface area contributed by atoms with Crippen LogP contribution in [0.3, 0.4) is 0 Å². The van der Waals surface area contributed by atoms with Gasteiger partial charge in [-0.2, -0.15) is 0 Å². The van der Waals surface area contributed by atoms with Crippen LogP contribution in [0.5, 0.6) is 0 Å².